The van der Waals surface area contributed by atoms with Crippen molar-refractivity contribution >= 4 is 5.69 Å². The summed E-state index contributed by atoms with van der Waals surface area (Å²) in [6.07, 6.45) is 2.50. The number of nitrogens with one attached hydrogen (secondary N) is 1. The van der Waals surface area contributed by atoms with Crippen molar-refractivity contribution in [2.45, 2.75) is 32.7 Å². The second kappa shape index (κ2) is 7.29. The van der Waals surface area contributed by atoms with E-state index in [2.05, 4.69) is 54.4 Å². The Kier molecular flexibility index (Phi) is 5.94. The van der Waals surface area contributed by atoms with E-state index in [4.69, 9.17) is 0 Å². The van der Waals surface area contributed by atoms with Crippen molar-refractivity contribution in [2.24, 2.45) is 0 Å². The lowest BCUT2D eigenvalue weighted by atomic mass is 10.2. The molecule has 2 heteroatoms. The minimum absolute atomic E-state index is 0.525. The summed E-state index contributed by atoms with van der Waals surface area (Å²) in [5.41, 5.74) is 1.33. The summed E-state index contributed by atoms with van der Waals surface area (Å²) < 4.78 is 0. The van der Waals surface area contributed by atoms with E-state index < -0.39 is 0 Å². The van der Waals surface area contributed by atoms with Gasteiger partial charge in [0.2, 0.25) is 0 Å². The van der Waals surface area contributed by atoms with E-state index in [0.29, 0.717) is 6.04 Å². The fourth-order valence-corrected chi connectivity index (χ4v) is 1.74. The average molecular weight is 220 g/mol. The van der Waals surface area contributed by atoms with Crippen LogP contribution in [0, 0.1) is 0 Å². The molecule has 0 saturated carbocycles. The summed E-state index contributed by atoms with van der Waals surface area (Å²) in [6, 6.07) is 11.2. The van der Waals surface area contributed by atoms with Gasteiger partial charge in [0.05, 0.1) is 0 Å². The predicted molar refractivity (Wildman–Crippen MR) is 72.1 cm³/mol. The van der Waals surface area contributed by atoms with Crippen LogP contribution < -0.4 is 10.2 Å². The molecule has 16 heavy (non-hydrogen) atoms. The maximum Gasteiger partial charge on any atom is 0.0366 e. The molecule has 0 spiro atoms. The number of rotatable bonds is 7. The monoisotopic (exact) mass is 220 g/mol. The fourth-order valence-electron chi connectivity index (χ4n) is 1.74. The second-order valence-electron chi connectivity index (χ2n) is 4.32. The van der Waals surface area contributed by atoms with Gasteiger partial charge in [-0.2, -0.15) is 0 Å². The van der Waals surface area contributed by atoms with Gasteiger partial charge in [-0.3, -0.25) is 0 Å². The third kappa shape index (κ3) is 4.23. The molecule has 2 nitrogen and oxygen atoms in total. The van der Waals surface area contributed by atoms with Crippen LogP contribution in [-0.2, 0) is 0 Å². The van der Waals surface area contributed by atoms with Crippen LogP contribution >= 0.6 is 0 Å². The van der Waals surface area contributed by atoms with E-state index in [9.17, 15) is 0 Å². The van der Waals surface area contributed by atoms with Gasteiger partial charge < -0.3 is 10.2 Å². The molecule has 0 radical (unpaired) electrons. The van der Waals surface area contributed by atoms with Gasteiger partial charge in [0, 0.05) is 24.8 Å². The van der Waals surface area contributed by atoms with Gasteiger partial charge in [0.25, 0.3) is 0 Å². The highest BCUT2D eigenvalue weighted by molar-refractivity contribution is 5.46. The number of para-hydroxylation sites is 1. The highest BCUT2D eigenvalue weighted by Gasteiger charge is 2.08. The number of nitrogens with zero attached hydrogens (tertiary/aromatic N) is 1. The van der Waals surface area contributed by atoms with Crippen LogP contribution in [0.5, 0.6) is 0 Å². The minimum atomic E-state index is 0.525. The molecule has 0 heterocycles. The van der Waals surface area contributed by atoms with Crippen LogP contribution in [0.25, 0.3) is 0 Å². The molecule has 0 aliphatic carbocycles. The van der Waals surface area contributed by atoms with E-state index in [1.165, 1.54) is 18.5 Å². The molecule has 0 amide bonds. The number of benzene rings is 1. The van der Waals surface area contributed by atoms with Crippen molar-refractivity contribution in [3.05, 3.63) is 30.3 Å². The molecule has 90 valence electrons. The summed E-state index contributed by atoms with van der Waals surface area (Å²) in [4.78, 5) is 2.46. The first-order valence-corrected chi connectivity index (χ1v) is 6.25. The molecule has 0 aromatic heterocycles. The van der Waals surface area contributed by atoms with Crippen LogP contribution in [0.2, 0.25) is 0 Å². The molecule has 1 aromatic rings. The number of likely N-dealkylation sites (N-methyl/N-ethyl adjacent to an activating group) is 1. The molecule has 1 atom stereocenters. The molecule has 1 rings (SSSR count). The van der Waals surface area contributed by atoms with E-state index in [0.717, 1.165) is 13.1 Å². The third-order valence-electron chi connectivity index (χ3n) is 2.89. The van der Waals surface area contributed by atoms with Crippen molar-refractivity contribution < 1.29 is 0 Å². The summed E-state index contributed by atoms with van der Waals surface area (Å²) in [7, 11) is 2.02. The maximum absolute atomic E-state index is 3.30. The van der Waals surface area contributed by atoms with Crippen LogP contribution in [0.15, 0.2) is 30.3 Å². The Hall–Kier alpha value is -1.02. The van der Waals surface area contributed by atoms with Gasteiger partial charge in [-0.25, -0.2) is 0 Å². The third-order valence-corrected chi connectivity index (χ3v) is 2.89. The van der Waals surface area contributed by atoms with E-state index in [1.54, 1.807) is 0 Å². The lowest BCUT2D eigenvalue weighted by Gasteiger charge is -2.27. The Morgan fingerprint density at radius 2 is 1.94 bits per heavy atom. The molecule has 1 unspecified atom stereocenters. The lowest BCUT2D eigenvalue weighted by Crippen LogP contribution is -2.38. The number of unbranched alkanes of at least 4 members (excludes halogenated alkanes) is 1. The Morgan fingerprint density at radius 3 is 2.50 bits per heavy atom. The molecule has 1 N–H and O–H groups in total. The molecule has 0 fully saturated rings. The van der Waals surface area contributed by atoms with Crippen LogP contribution in [0.4, 0.5) is 5.69 Å². The zero-order valence-corrected chi connectivity index (χ0v) is 10.7. The van der Waals surface area contributed by atoms with Crippen LogP contribution in [0.1, 0.15) is 26.7 Å². The highest BCUT2D eigenvalue weighted by Crippen LogP contribution is 2.14. The highest BCUT2D eigenvalue weighted by atomic mass is 15.1. The molecule has 1 aromatic carbocycles. The normalized spacial score (nSPS) is 12.4. The van der Waals surface area contributed by atoms with Crippen molar-refractivity contribution in [1.82, 2.24) is 5.32 Å². The van der Waals surface area contributed by atoms with Crippen LogP contribution in [0.3, 0.4) is 0 Å². The summed E-state index contributed by atoms with van der Waals surface area (Å²) in [5.74, 6) is 0. The zero-order chi connectivity index (χ0) is 11.8. The second-order valence-corrected chi connectivity index (χ2v) is 4.32. The van der Waals surface area contributed by atoms with Gasteiger partial charge in [-0.05, 0) is 32.5 Å². The SMILES string of the molecule is CCCCN(CC(C)NC)c1ccccc1. The predicted octanol–water partition coefficient (Wildman–Crippen LogP) is 2.90. The van der Waals surface area contributed by atoms with Crippen molar-refractivity contribution in [2.75, 3.05) is 25.0 Å². The van der Waals surface area contributed by atoms with E-state index >= 15 is 0 Å². The van der Waals surface area contributed by atoms with Gasteiger partial charge in [0.1, 0.15) is 0 Å². The first kappa shape index (κ1) is 13.0. The molecule has 0 aliphatic rings. The number of hydrogen-bond acceptors (Lipinski definition) is 2. The topological polar surface area (TPSA) is 15.3 Å². The summed E-state index contributed by atoms with van der Waals surface area (Å²) in [6.45, 7) is 6.68. The molecular weight excluding hydrogens is 196 g/mol. The standard InChI is InChI=1S/C14H24N2/c1-4-5-11-16(12-13(2)15-3)14-9-7-6-8-10-14/h6-10,13,15H,4-5,11-12H2,1-3H3. The van der Waals surface area contributed by atoms with E-state index in [-0.39, 0.29) is 0 Å². The smallest absolute Gasteiger partial charge is 0.0366 e. The van der Waals surface area contributed by atoms with Gasteiger partial charge in [-0.15, -0.1) is 0 Å². The molecule has 0 saturated heterocycles. The number of hydrogen-bond donors (Lipinski definition) is 1. The van der Waals surface area contributed by atoms with Gasteiger partial charge >= 0.3 is 0 Å². The molecule has 0 bridgehead atoms. The first-order chi connectivity index (χ1) is 7.77. The summed E-state index contributed by atoms with van der Waals surface area (Å²) >= 11 is 0. The number of anilines is 1. The Balaban J connectivity index is 2.63. The van der Waals surface area contributed by atoms with Crippen molar-refractivity contribution in [3.8, 4) is 0 Å². The lowest BCUT2D eigenvalue weighted by molar-refractivity contribution is 0.577. The van der Waals surface area contributed by atoms with Gasteiger partial charge in [-0.1, -0.05) is 31.5 Å². The van der Waals surface area contributed by atoms with Gasteiger partial charge in [0.15, 0.2) is 0 Å². The first-order valence-electron chi connectivity index (χ1n) is 6.25. The Bertz CT molecular complexity index is 271. The largest absolute Gasteiger partial charge is 0.370 e. The maximum atomic E-state index is 3.30. The summed E-state index contributed by atoms with van der Waals surface area (Å²) in [5, 5.41) is 3.30. The Morgan fingerprint density at radius 1 is 1.25 bits per heavy atom. The molecular formula is C14H24N2. The van der Waals surface area contributed by atoms with Crippen LogP contribution in [-0.4, -0.2) is 26.2 Å². The van der Waals surface area contributed by atoms with Crippen molar-refractivity contribution in [3.63, 3.8) is 0 Å². The molecule has 0 aliphatic heterocycles. The zero-order valence-electron chi connectivity index (χ0n) is 10.7. The minimum Gasteiger partial charge on any atom is -0.370 e. The average Bonchev–Trinajstić information content (AvgIpc) is 2.35. The quantitative estimate of drug-likeness (QED) is 0.760. The Labute approximate surface area is 99.7 Å². The fraction of sp³-hybridized carbons (Fsp3) is 0.571. The van der Waals surface area contributed by atoms with Crippen molar-refractivity contribution in [1.29, 1.82) is 0 Å². The van der Waals surface area contributed by atoms with E-state index in [1.807, 2.05) is 7.05 Å².